The molecule has 3 aliphatic rings. The van der Waals surface area contributed by atoms with E-state index in [0.717, 1.165) is 79.5 Å². The summed E-state index contributed by atoms with van der Waals surface area (Å²) in [5.41, 5.74) is 16.6. The minimum Gasteiger partial charge on any atom is -0.486 e. The van der Waals surface area contributed by atoms with E-state index in [0.29, 0.717) is 74.3 Å². The standard InChI is InChI=1S/C64H76N6O8S2/c1-4-5-18-37-63(2)53-26-16-17-27-56(53)70(40-22-25-48-23-11-7-6-8-12-24-48)59(63)28-13-9-14-29-60-64(3,38-19-21-41-79(72,73)74)54-44-52(80(75,76)77)35-36-57(54)69(60)39-20-10-15-30-61(71)66-45-49-31-33-50(34-32-49)46-78-58-43-51(65)42-55-62(58)68-47-67-55/h6-9,11-14,16-17,23-24,26-29,31-36,42-44,47H,4-5,10,15,18-22,25,30,37-41,45-46,65H2,1-3H3,(H3-,66,67,68,71,72,73,74,75,76,77)/p+1/b7-6-,8-6?,11-7?,12-8-,23-11?,24-12?,48-23?,48-24?. The summed E-state index contributed by atoms with van der Waals surface area (Å²) in [6.45, 7) is 8.75. The van der Waals surface area contributed by atoms with Crippen molar-refractivity contribution in [2.45, 2.75) is 133 Å². The lowest BCUT2D eigenvalue weighted by Crippen LogP contribution is -2.31. The predicted molar refractivity (Wildman–Crippen MR) is 322 cm³/mol. The number of rotatable bonds is 28. The molecule has 2 atom stereocenters. The summed E-state index contributed by atoms with van der Waals surface area (Å²) in [4.78, 5) is 22.5. The number of ether oxygens (including phenoxy) is 1. The van der Waals surface area contributed by atoms with Crippen molar-refractivity contribution < 1.29 is 40.0 Å². The second-order valence-electron chi connectivity index (χ2n) is 21.5. The van der Waals surface area contributed by atoms with E-state index < -0.39 is 31.4 Å². The van der Waals surface area contributed by atoms with Gasteiger partial charge in [-0.1, -0.05) is 142 Å². The van der Waals surface area contributed by atoms with Crippen LogP contribution in [0.25, 0.3) is 11.0 Å². The minimum atomic E-state index is -4.56. The Kier molecular flexibility index (Phi) is 19.8. The number of amides is 1. The molecule has 16 heteroatoms. The van der Waals surface area contributed by atoms with Gasteiger partial charge in [0.15, 0.2) is 5.71 Å². The maximum Gasteiger partial charge on any atom is 0.294 e. The molecule has 6 N–H and O–H groups in total. The van der Waals surface area contributed by atoms with Crippen molar-refractivity contribution in [3.8, 4) is 5.75 Å². The first kappa shape index (κ1) is 59.0. The van der Waals surface area contributed by atoms with Crippen LogP contribution in [0.4, 0.5) is 17.1 Å². The maximum atomic E-state index is 13.1. The molecule has 1 aromatic heterocycles. The summed E-state index contributed by atoms with van der Waals surface area (Å²) in [5.74, 6) is 0.150. The van der Waals surface area contributed by atoms with Gasteiger partial charge >= 0.3 is 0 Å². The molecule has 2 unspecified atom stereocenters. The number of nitrogens with zero attached hydrogens (tertiary/aromatic N) is 3. The van der Waals surface area contributed by atoms with Gasteiger partial charge in [-0.05, 0) is 105 Å². The van der Waals surface area contributed by atoms with Gasteiger partial charge in [-0.2, -0.15) is 21.4 Å². The van der Waals surface area contributed by atoms with Crippen LogP contribution in [0.5, 0.6) is 5.75 Å². The summed E-state index contributed by atoms with van der Waals surface area (Å²) in [6.07, 6.45) is 36.5. The fourth-order valence-corrected chi connectivity index (χ4v) is 12.4. The molecule has 14 nitrogen and oxygen atoms in total. The summed E-state index contributed by atoms with van der Waals surface area (Å²) >= 11 is 0. The Morgan fingerprint density at radius 3 is 2.38 bits per heavy atom. The monoisotopic (exact) mass is 1120 g/mol. The number of carbonyl (C=O) groups is 1. The number of hydrogen-bond donors (Lipinski definition) is 5. The van der Waals surface area contributed by atoms with Gasteiger partial charge in [-0.15, -0.1) is 0 Å². The van der Waals surface area contributed by atoms with Crippen molar-refractivity contribution in [2.24, 2.45) is 0 Å². The summed E-state index contributed by atoms with van der Waals surface area (Å²) in [6, 6.07) is 24.9. The first-order valence-corrected chi connectivity index (χ1v) is 31.1. The molecule has 0 spiro atoms. The summed E-state index contributed by atoms with van der Waals surface area (Å²) in [5, 5.41) is 3.05. The molecule has 1 aliphatic carbocycles. The molecule has 0 fully saturated rings. The number of nitrogen functional groups attached to an aromatic ring is 1. The Morgan fingerprint density at radius 2 is 1.57 bits per heavy atom. The molecule has 4 aromatic carbocycles. The quantitative estimate of drug-likeness (QED) is 0.0105. The Morgan fingerprint density at radius 1 is 0.812 bits per heavy atom. The van der Waals surface area contributed by atoms with E-state index in [1.807, 2.05) is 55.5 Å². The molecular formula is C64H77N6O8S2+. The van der Waals surface area contributed by atoms with Crippen LogP contribution in [0.1, 0.15) is 126 Å². The third kappa shape index (κ3) is 15.0. The van der Waals surface area contributed by atoms with Gasteiger partial charge in [0.1, 0.15) is 24.4 Å². The smallest absolute Gasteiger partial charge is 0.294 e. The van der Waals surface area contributed by atoms with Gasteiger partial charge in [-0.25, -0.2) is 4.98 Å². The molecule has 8 rings (SSSR count). The largest absolute Gasteiger partial charge is 0.486 e. The Labute approximate surface area is 472 Å². The number of aromatic nitrogens is 2. The van der Waals surface area contributed by atoms with E-state index in [2.05, 4.69) is 118 Å². The highest BCUT2D eigenvalue weighted by molar-refractivity contribution is 7.86. The first-order chi connectivity index (χ1) is 38.5. The van der Waals surface area contributed by atoms with Crippen molar-refractivity contribution in [3.05, 3.63) is 192 Å². The van der Waals surface area contributed by atoms with E-state index in [1.54, 1.807) is 18.5 Å². The SMILES string of the molecule is CCCCCC1(C)C(/C=C/C=C/C=C2/N(CCCCCC(=O)NCc3ccc(COc4cc(N)cc5[nH]cnc45)cc3)c3ccc(S(=O)(=O)O)cc3C2(C)CCCCS(=O)(=O)O)=[N+](CCCC2=C/C=C\C=C/C=C2)c2ccccc21. The number of fused-ring (bicyclic) bond motifs is 3. The van der Waals surface area contributed by atoms with Crippen LogP contribution in [-0.4, -0.2) is 70.9 Å². The molecule has 0 radical (unpaired) electrons. The normalized spacial score (nSPS) is 19.4. The molecule has 422 valence electrons. The molecule has 0 saturated heterocycles. The Balaban J connectivity index is 0.974. The van der Waals surface area contributed by atoms with E-state index in [-0.39, 0.29) is 22.6 Å². The number of hydrogen-bond acceptors (Lipinski definition) is 9. The lowest BCUT2D eigenvalue weighted by Gasteiger charge is -2.30. The third-order valence-corrected chi connectivity index (χ3v) is 17.3. The second kappa shape index (κ2) is 26.9. The highest BCUT2D eigenvalue weighted by atomic mass is 32.2. The number of carbonyl (C=O) groups excluding carboxylic acids is 1. The average Bonchev–Trinajstić information content (AvgIpc) is 4.06. The van der Waals surface area contributed by atoms with Gasteiger partial charge < -0.3 is 25.7 Å². The van der Waals surface area contributed by atoms with Gasteiger partial charge in [0.2, 0.25) is 11.6 Å². The van der Waals surface area contributed by atoms with Gasteiger partial charge in [0, 0.05) is 72.2 Å². The molecule has 3 heterocycles. The fourth-order valence-electron chi connectivity index (χ4n) is 11.4. The third-order valence-electron chi connectivity index (χ3n) is 15.6. The molecule has 0 bridgehead atoms. The van der Waals surface area contributed by atoms with Crippen molar-refractivity contribution in [1.82, 2.24) is 15.3 Å². The zero-order valence-electron chi connectivity index (χ0n) is 46.3. The molecule has 80 heavy (non-hydrogen) atoms. The lowest BCUT2D eigenvalue weighted by atomic mass is 9.75. The van der Waals surface area contributed by atoms with Crippen molar-refractivity contribution in [1.29, 1.82) is 0 Å². The number of H-pyrrole nitrogens is 1. The van der Waals surface area contributed by atoms with Crippen molar-refractivity contribution in [3.63, 3.8) is 0 Å². The van der Waals surface area contributed by atoms with Gasteiger partial charge in [-0.3, -0.25) is 13.9 Å². The fraction of sp³-hybridized carbons (Fsp3) is 0.359. The van der Waals surface area contributed by atoms with E-state index in [4.69, 9.17) is 10.5 Å². The first-order valence-electron chi connectivity index (χ1n) is 28.0. The number of benzene rings is 4. The van der Waals surface area contributed by atoms with Crippen LogP contribution in [-0.2, 0) is 49.0 Å². The van der Waals surface area contributed by atoms with Crippen LogP contribution in [0.3, 0.4) is 0 Å². The maximum absolute atomic E-state index is 13.1. The number of unbranched alkanes of at least 4 members (excludes halogenated alkanes) is 5. The molecule has 2 aliphatic heterocycles. The topological polar surface area (TPSA) is 208 Å². The van der Waals surface area contributed by atoms with E-state index in [1.165, 1.54) is 34.7 Å². The predicted octanol–water partition coefficient (Wildman–Crippen LogP) is 13.0. The number of nitrogens with two attached hydrogens (primary N) is 1. The molecule has 0 saturated carbocycles. The zero-order chi connectivity index (χ0) is 56.8. The zero-order valence-corrected chi connectivity index (χ0v) is 48.0. The number of allylic oxidation sites excluding steroid dienone is 14. The van der Waals surface area contributed by atoms with Gasteiger partial charge in [0.05, 0.1) is 27.9 Å². The molecule has 1 amide bonds. The van der Waals surface area contributed by atoms with Crippen LogP contribution < -0.4 is 20.7 Å². The van der Waals surface area contributed by atoms with Crippen LogP contribution in [0.2, 0.25) is 0 Å². The van der Waals surface area contributed by atoms with Gasteiger partial charge in [0.25, 0.3) is 20.2 Å². The minimum absolute atomic E-state index is 0.0533. The number of nitrogens with one attached hydrogen (secondary N) is 2. The highest BCUT2D eigenvalue weighted by Gasteiger charge is 2.47. The summed E-state index contributed by atoms with van der Waals surface area (Å²) < 4.78 is 77.2. The van der Waals surface area contributed by atoms with E-state index >= 15 is 0 Å². The number of aromatic amines is 1. The van der Waals surface area contributed by atoms with Crippen LogP contribution in [0, 0.1) is 0 Å². The van der Waals surface area contributed by atoms with E-state index in [9.17, 15) is 30.7 Å². The number of imidazole rings is 1. The lowest BCUT2D eigenvalue weighted by molar-refractivity contribution is -0.438. The van der Waals surface area contributed by atoms with Crippen LogP contribution >= 0.6 is 0 Å². The van der Waals surface area contributed by atoms with Crippen LogP contribution in [0.15, 0.2) is 174 Å². The highest BCUT2D eigenvalue weighted by Crippen LogP contribution is 2.52. The molecular weight excluding hydrogens is 1040 g/mol. The average molecular weight is 1120 g/mol. The second-order valence-corrected chi connectivity index (χ2v) is 24.5. The Bertz CT molecular complexity index is 3500. The number of anilines is 2. The Hall–Kier alpha value is -7.11. The molecule has 5 aromatic rings. The van der Waals surface area contributed by atoms with Crippen molar-refractivity contribution >= 4 is 60.0 Å². The van der Waals surface area contributed by atoms with Crippen molar-refractivity contribution in [2.75, 3.05) is 29.5 Å². The number of para-hydroxylation sites is 1. The summed E-state index contributed by atoms with van der Waals surface area (Å²) in [7, 11) is -8.75.